The molecule has 1 aliphatic rings. The maximum absolute atomic E-state index is 14.2. The second kappa shape index (κ2) is 9.86. The monoisotopic (exact) mass is 481 g/mol. The first-order valence-corrected chi connectivity index (χ1v) is 11.9. The van der Waals surface area contributed by atoms with Crippen molar-refractivity contribution < 1.29 is 45.0 Å². The number of nitrogens with zero attached hydrogens (tertiary/aromatic N) is 1. The van der Waals surface area contributed by atoms with Crippen LogP contribution in [0.3, 0.4) is 0 Å². The van der Waals surface area contributed by atoms with E-state index in [1.54, 1.807) is 18.4 Å². The van der Waals surface area contributed by atoms with Crippen molar-refractivity contribution in [3.63, 3.8) is 0 Å². The maximum atomic E-state index is 14.2. The number of hydrogen-bond acceptors (Lipinski definition) is 4. The first kappa shape index (κ1) is 26.2. The predicted molar refractivity (Wildman–Crippen MR) is 109 cm³/mol. The van der Waals surface area contributed by atoms with Crippen LogP contribution in [0.15, 0.2) is 12.1 Å². The van der Waals surface area contributed by atoms with Crippen LogP contribution in [0.5, 0.6) is 0 Å². The van der Waals surface area contributed by atoms with E-state index in [-0.39, 0.29) is 36.9 Å². The predicted octanol–water partition coefficient (Wildman–Crippen LogP) is 4.58. The Hall–Kier alpha value is -2.01. The lowest BCUT2D eigenvalue weighted by atomic mass is 9.74. The molecular formula is C21H27F4NO5S. The smallest absolute Gasteiger partial charge is 0.417 e. The number of aliphatic carboxylic acids is 1. The zero-order valence-electron chi connectivity index (χ0n) is 18.0. The second-order valence-electron chi connectivity index (χ2n) is 8.34. The number of carbonyl (C=O) groups is 1. The quantitative estimate of drug-likeness (QED) is 0.216. The molecule has 1 unspecified atom stereocenters. The van der Waals surface area contributed by atoms with Gasteiger partial charge in [0.1, 0.15) is 12.4 Å². The molecule has 1 atom stereocenters. The molecule has 6 nitrogen and oxygen atoms in total. The first-order valence-electron chi connectivity index (χ1n) is 10.3. The lowest BCUT2D eigenvalue weighted by Crippen LogP contribution is -2.32. The highest BCUT2D eigenvalue weighted by Gasteiger charge is 2.52. The highest BCUT2D eigenvalue weighted by Crippen LogP contribution is 2.49. The number of carboxylic acids is 1. The molecule has 1 aromatic rings. The molecule has 2 rings (SSSR count). The van der Waals surface area contributed by atoms with E-state index in [1.165, 1.54) is 0 Å². The summed E-state index contributed by atoms with van der Waals surface area (Å²) < 4.78 is 89.9. The minimum atomic E-state index is -4.79. The van der Waals surface area contributed by atoms with E-state index in [2.05, 4.69) is 0 Å². The first-order chi connectivity index (χ1) is 14.7. The van der Waals surface area contributed by atoms with E-state index in [4.69, 9.17) is 5.11 Å². The lowest BCUT2D eigenvalue weighted by Gasteiger charge is -2.25. The molecule has 0 aromatic heterocycles. The van der Waals surface area contributed by atoms with Gasteiger partial charge >= 0.3 is 12.1 Å². The van der Waals surface area contributed by atoms with Crippen molar-refractivity contribution in [1.82, 2.24) is 0 Å². The largest absolute Gasteiger partial charge is 0.748 e. The molecule has 1 aliphatic heterocycles. The van der Waals surface area contributed by atoms with E-state index >= 15 is 0 Å². The van der Waals surface area contributed by atoms with E-state index in [0.717, 1.165) is 6.07 Å². The van der Waals surface area contributed by atoms with Gasteiger partial charge in [0.05, 0.1) is 26.7 Å². The third kappa shape index (κ3) is 6.28. The van der Waals surface area contributed by atoms with Gasteiger partial charge in [0, 0.05) is 31.6 Å². The van der Waals surface area contributed by atoms with Crippen LogP contribution in [0.25, 0.3) is 0 Å². The number of alkyl halides is 3. The number of hydrogen-bond donors (Lipinski definition) is 1. The second-order valence-corrected chi connectivity index (χ2v) is 9.86. The molecule has 0 radical (unpaired) electrons. The van der Waals surface area contributed by atoms with E-state index < -0.39 is 44.8 Å². The number of benzene rings is 1. The molecule has 0 saturated carbocycles. The average molecular weight is 482 g/mol. The molecule has 0 amide bonds. The average Bonchev–Trinajstić information content (AvgIpc) is 2.84. The Labute approximate surface area is 184 Å². The Balaban J connectivity index is 2.39. The molecule has 0 aliphatic carbocycles. The van der Waals surface area contributed by atoms with Gasteiger partial charge in [0.2, 0.25) is 5.69 Å². The van der Waals surface area contributed by atoms with Crippen molar-refractivity contribution >= 4 is 27.5 Å². The normalized spacial score (nSPS) is 18.8. The molecule has 0 bridgehead atoms. The summed E-state index contributed by atoms with van der Waals surface area (Å²) in [5.74, 6) is -2.54. The summed E-state index contributed by atoms with van der Waals surface area (Å²) in [5, 5.41) is 8.74. The maximum Gasteiger partial charge on any atom is 0.417 e. The Morgan fingerprint density at radius 2 is 1.81 bits per heavy atom. The number of unbranched alkanes of at least 4 members (excludes halogenated alkanes) is 3. The molecule has 1 aromatic carbocycles. The molecule has 0 spiro atoms. The number of rotatable bonds is 11. The van der Waals surface area contributed by atoms with E-state index in [0.29, 0.717) is 37.6 Å². The van der Waals surface area contributed by atoms with Gasteiger partial charge < -0.3 is 9.66 Å². The third-order valence-corrected chi connectivity index (χ3v) is 6.82. The van der Waals surface area contributed by atoms with Gasteiger partial charge in [-0.25, -0.2) is 12.8 Å². The highest BCUT2D eigenvalue weighted by atomic mass is 32.2. The molecule has 1 N–H and O–H groups in total. The standard InChI is InChI=1S/C21H27F4NO5S/c1-14-20(2,9-5-7-11-32(29,30)31)19-16(21(23,24)25)12-15(22)13-17(19)26(14)10-6-3-4-8-18(27)28/h12-13H,3-11H2,1-2H3,(H-,27,28,29,30,31). The molecule has 32 heavy (non-hydrogen) atoms. The topological polar surface area (TPSA) is 97.5 Å². The highest BCUT2D eigenvalue weighted by molar-refractivity contribution is 7.85. The summed E-state index contributed by atoms with van der Waals surface area (Å²) in [5.41, 5.74) is -1.56. The van der Waals surface area contributed by atoms with Crippen LogP contribution in [-0.4, -0.2) is 46.6 Å². The summed E-state index contributed by atoms with van der Waals surface area (Å²) in [4.78, 5) is 10.7. The Morgan fingerprint density at radius 1 is 1.16 bits per heavy atom. The van der Waals surface area contributed by atoms with Crippen LogP contribution < -0.4 is 0 Å². The van der Waals surface area contributed by atoms with Crippen LogP contribution in [0.2, 0.25) is 0 Å². The number of carboxylic acid groups (broad SMARTS) is 1. The van der Waals surface area contributed by atoms with Crippen LogP contribution >= 0.6 is 0 Å². The van der Waals surface area contributed by atoms with Gasteiger partial charge in [0.15, 0.2) is 5.71 Å². The van der Waals surface area contributed by atoms with Gasteiger partial charge in [-0.1, -0.05) is 6.42 Å². The van der Waals surface area contributed by atoms with Gasteiger partial charge in [0.25, 0.3) is 0 Å². The summed E-state index contributed by atoms with van der Waals surface area (Å²) >= 11 is 0. The van der Waals surface area contributed by atoms with Crippen LogP contribution in [-0.2, 0) is 26.5 Å². The summed E-state index contributed by atoms with van der Waals surface area (Å²) in [7, 11) is -4.42. The zero-order chi connectivity index (χ0) is 24.3. The summed E-state index contributed by atoms with van der Waals surface area (Å²) in [6.07, 6.45) is -2.94. The summed E-state index contributed by atoms with van der Waals surface area (Å²) in [6, 6.07) is 1.54. The summed E-state index contributed by atoms with van der Waals surface area (Å²) in [6.45, 7) is 3.58. The Morgan fingerprint density at radius 3 is 2.38 bits per heavy atom. The van der Waals surface area contributed by atoms with Gasteiger partial charge in [-0.05, 0) is 38.7 Å². The Kier molecular flexibility index (Phi) is 8.09. The third-order valence-electron chi connectivity index (χ3n) is 6.03. The van der Waals surface area contributed by atoms with E-state index in [1.807, 2.05) is 0 Å². The molecule has 1 heterocycles. The van der Waals surface area contributed by atoms with Crippen molar-refractivity contribution in [3.8, 4) is 0 Å². The lowest BCUT2D eigenvalue weighted by molar-refractivity contribution is -0.440. The molecule has 11 heteroatoms. The van der Waals surface area contributed by atoms with Gasteiger partial charge in [-0.3, -0.25) is 4.79 Å². The SMILES string of the molecule is CC1=[N+](CCCCCC(=O)O)c2cc(F)cc(C(F)(F)F)c2C1(C)CCCCS(=O)(=O)[O-]. The molecular weight excluding hydrogens is 454 g/mol. The van der Waals surface area contributed by atoms with Crippen molar-refractivity contribution in [1.29, 1.82) is 0 Å². The van der Waals surface area contributed by atoms with Crippen molar-refractivity contribution in [2.24, 2.45) is 0 Å². The number of fused-ring (bicyclic) bond motifs is 1. The van der Waals surface area contributed by atoms with E-state index in [9.17, 15) is 35.3 Å². The Bertz CT molecular complexity index is 1000. The molecule has 0 saturated heterocycles. The van der Waals surface area contributed by atoms with Crippen molar-refractivity contribution in [2.45, 2.75) is 70.4 Å². The fraction of sp³-hybridized carbons (Fsp3) is 0.619. The van der Waals surface area contributed by atoms with Gasteiger partial charge in [-0.2, -0.15) is 17.7 Å². The van der Waals surface area contributed by atoms with Crippen LogP contribution in [0.4, 0.5) is 23.2 Å². The zero-order valence-corrected chi connectivity index (χ0v) is 18.8. The van der Waals surface area contributed by atoms with Gasteiger partial charge in [-0.15, -0.1) is 0 Å². The fourth-order valence-electron chi connectivity index (χ4n) is 4.34. The molecule has 0 fully saturated rings. The minimum Gasteiger partial charge on any atom is -0.748 e. The van der Waals surface area contributed by atoms with Crippen molar-refractivity contribution in [3.05, 3.63) is 29.1 Å². The fourth-order valence-corrected chi connectivity index (χ4v) is 4.90. The number of halogens is 4. The minimum absolute atomic E-state index is 0.00747. The molecule has 180 valence electrons. The van der Waals surface area contributed by atoms with Crippen LogP contribution in [0, 0.1) is 5.82 Å². The van der Waals surface area contributed by atoms with Crippen molar-refractivity contribution in [2.75, 3.05) is 12.3 Å². The van der Waals surface area contributed by atoms with Crippen LogP contribution in [0.1, 0.15) is 69.9 Å².